The van der Waals surface area contributed by atoms with Gasteiger partial charge in [0.15, 0.2) is 0 Å². The molecule has 0 unspecified atom stereocenters. The number of aryl methyl sites for hydroxylation is 2. The standard InChI is InChI=1S/C15H17N3O2/c1-3-9-16-13(19)7-8-14-17-18-15(20-14)12-6-4-5-11(2)10-12/h3-6,10H,1,7-9H2,2H3,(H,16,19). The van der Waals surface area contributed by atoms with E-state index in [1.165, 1.54) is 0 Å². The van der Waals surface area contributed by atoms with Crippen LogP contribution in [0.15, 0.2) is 41.3 Å². The third-order valence-corrected chi connectivity index (χ3v) is 2.74. The van der Waals surface area contributed by atoms with Crippen LogP contribution in [0.25, 0.3) is 11.5 Å². The maximum atomic E-state index is 11.4. The van der Waals surface area contributed by atoms with E-state index in [4.69, 9.17) is 4.42 Å². The summed E-state index contributed by atoms with van der Waals surface area (Å²) >= 11 is 0. The van der Waals surface area contributed by atoms with E-state index < -0.39 is 0 Å². The van der Waals surface area contributed by atoms with Crippen molar-refractivity contribution in [2.75, 3.05) is 6.54 Å². The summed E-state index contributed by atoms with van der Waals surface area (Å²) < 4.78 is 5.56. The van der Waals surface area contributed by atoms with Crippen LogP contribution in [0.5, 0.6) is 0 Å². The minimum atomic E-state index is -0.0554. The van der Waals surface area contributed by atoms with Gasteiger partial charge < -0.3 is 9.73 Å². The van der Waals surface area contributed by atoms with Gasteiger partial charge in [-0.25, -0.2) is 0 Å². The van der Waals surface area contributed by atoms with Gasteiger partial charge in [-0.05, 0) is 19.1 Å². The van der Waals surface area contributed by atoms with Crippen molar-refractivity contribution in [2.45, 2.75) is 19.8 Å². The topological polar surface area (TPSA) is 68.0 Å². The Morgan fingerprint density at radius 3 is 3.05 bits per heavy atom. The molecule has 0 aliphatic carbocycles. The maximum absolute atomic E-state index is 11.4. The van der Waals surface area contributed by atoms with Gasteiger partial charge in [-0.15, -0.1) is 16.8 Å². The number of carbonyl (C=O) groups excluding carboxylic acids is 1. The molecule has 0 saturated carbocycles. The van der Waals surface area contributed by atoms with Gasteiger partial charge in [0.1, 0.15) is 0 Å². The predicted molar refractivity (Wildman–Crippen MR) is 76.0 cm³/mol. The van der Waals surface area contributed by atoms with Gasteiger partial charge in [-0.1, -0.05) is 23.8 Å². The van der Waals surface area contributed by atoms with Crippen LogP contribution in [0.4, 0.5) is 0 Å². The highest BCUT2D eigenvalue weighted by molar-refractivity contribution is 5.76. The largest absolute Gasteiger partial charge is 0.421 e. The number of aromatic nitrogens is 2. The molecule has 1 heterocycles. The molecule has 1 aromatic heterocycles. The Morgan fingerprint density at radius 1 is 1.45 bits per heavy atom. The van der Waals surface area contributed by atoms with E-state index in [9.17, 15) is 4.79 Å². The second-order valence-corrected chi connectivity index (χ2v) is 4.46. The van der Waals surface area contributed by atoms with Crippen molar-refractivity contribution in [2.24, 2.45) is 0 Å². The first-order valence-corrected chi connectivity index (χ1v) is 6.46. The van der Waals surface area contributed by atoms with E-state index in [0.29, 0.717) is 31.2 Å². The van der Waals surface area contributed by atoms with Crippen molar-refractivity contribution in [3.8, 4) is 11.5 Å². The Bertz CT molecular complexity index is 605. The molecule has 0 radical (unpaired) electrons. The lowest BCUT2D eigenvalue weighted by Crippen LogP contribution is -2.23. The highest BCUT2D eigenvalue weighted by atomic mass is 16.4. The molecular weight excluding hydrogens is 254 g/mol. The van der Waals surface area contributed by atoms with Crippen molar-refractivity contribution >= 4 is 5.91 Å². The molecule has 1 amide bonds. The van der Waals surface area contributed by atoms with Crippen LogP contribution in [0.3, 0.4) is 0 Å². The second kappa shape index (κ2) is 6.65. The molecule has 2 aromatic rings. The average molecular weight is 271 g/mol. The lowest BCUT2D eigenvalue weighted by molar-refractivity contribution is -0.120. The molecule has 0 bridgehead atoms. The Kier molecular flexibility index (Phi) is 4.65. The van der Waals surface area contributed by atoms with Crippen LogP contribution in [-0.2, 0) is 11.2 Å². The quantitative estimate of drug-likeness (QED) is 0.818. The molecule has 2 rings (SSSR count). The molecule has 1 aromatic carbocycles. The number of hydrogen-bond donors (Lipinski definition) is 1. The van der Waals surface area contributed by atoms with E-state index >= 15 is 0 Å². The van der Waals surface area contributed by atoms with Crippen molar-refractivity contribution in [3.05, 3.63) is 48.4 Å². The number of nitrogens with one attached hydrogen (secondary N) is 1. The third kappa shape index (κ3) is 3.78. The summed E-state index contributed by atoms with van der Waals surface area (Å²) in [6, 6.07) is 7.84. The van der Waals surface area contributed by atoms with Crippen LogP contribution >= 0.6 is 0 Å². The summed E-state index contributed by atoms with van der Waals surface area (Å²) in [6.45, 7) is 6.01. The lowest BCUT2D eigenvalue weighted by Gasteiger charge is -1.99. The number of carbonyl (C=O) groups is 1. The van der Waals surface area contributed by atoms with Gasteiger partial charge >= 0.3 is 0 Å². The summed E-state index contributed by atoms with van der Waals surface area (Å²) in [5.41, 5.74) is 2.02. The summed E-state index contributed by atoms with van der Waals surface area (Å²) in [5, 5.41) is 10.7. The fourth-order valence-electron chi connectivity index (χ4n) is 1.74. The molecule has 0 fully saturated rings. The van der Waals surface area contributed by atoms with E-state index in [-0.39, 0.29) is 5.91 Å². The van der Waals surface area contributed by atoms with Crippen molar-refractivity contribution in [1.29, 1.82) is 0 Å². The minimum Gasteiger partial charge on any atom is -0.421 e. The zero-order valence-corrected chi connectivity index (χ0v) is 11.4. The van der Waals surface area contributed by atoms with Crippen LogP contribution in [-0.4, -0.2) is 22.6 Å². The zero-order chi connectivity index (χ0) is 14.4. The van der Waals surface area contributed by atoms with E-state index in [2.05, 4.69) is 22.1 Å². The monoisotopic (exact) mass is 271 g/mol. The highest BCUT2D eigenvalue weighted by Gasteiger charge is 2.10. The molecule has 0 spiro atoms. The maximum Gasteiger partial charge on any atom is 0.247 e. The molecule has 20 heavy (non-hydrogen) atoms. The number of nitrogens with zero attached hydrogens (tertiary/aromatic N) is 2. The van der Waals surface area contributed by atoms with Crippen LogP contribution < -0.4 is 5.32 Å². The number of rotatable bonds is 6. The van der Waals surface area contributed by atoms with Crippen LogP contribution in [0.1, 0.15) is 17.9 Å². The Morgan fingerprint density at radius 2 is 2.30 bits per heavy atom. The normalized spacial score (nSPS) is 10.2. The molecular formula is C15H17N3O2. The summed E-state index contributed by atoms with van der Waals surface area (Å²) in [5.74, 6) is 0.894. The molecule has 0 aliphatic heterocycles. The smallest absolute Gasteiger partial charge is 0.247 e. The van der Waals surface area contributed by atoms with E-state index in [1.807, 2.05) is 31.2 Å². The minimum absolute atomic E-state index is 0.0554. The molecule has 5 heteroatoms. The molecule has 104 valence electrons. The lowest BCUT2D eigenvalue weighted by atomic mass is 10.1. The Labute approximate surface area is 117 Å². The highest BCUT2D eigenvalue weighted by Crippen LogP contribution is 2.19. The van der Waals surface area contributed by atoms with Gasteiger partial charge in [-0.2, -0.15) is 0 Å². The second-order valence-electron chi connectivity index (χ2n) is 4.46. The van der Waals surface area contributed by atoms with Crippen molar-refractivity contribution < 1.29 is 9.21 Å². The first-order valence-electron chi connectivity index (χ1n) is 6.46. The molecule has 1 N–H and O–H groups in total. The summed E-state index contributed by atoms with van der Waals surface area (Å²) in [4.78, 5) is 11.4. The number of benzene rings is 1. The molecule has 5 nitrogen and oxygen atoms in total. The van der Waals surface area contributed by atoms with Crippen molar-refractivity contribution in [1.82, 2.24) is 15.5 Å². The first-order chi connectivity index (χ1) is 9.69. The van der Waals surface area contributed by atoms with E-state index in [0.717, 1.165) is 11.1 Å². The van der Waals surface area contributed by atoms with Gasteiger partial charge in [0.25, 0.3) is 0 Å². The summed E-state index contributed by atoms with van der Waals surface area (Å²) in [6.07, 6.45) is 2.39. The fraction of sp³-hybridized carbons (Fsp3) is 0.267. The van der Waals surface area contributed by atoms with Gasteiger partial charge in [0, 0.05) is 24.9 Å². The molecule has 0 atom stereocenters. The average Bonchev–Trinajstić information content (AvgIpc) is 2.92. The first kappa shape index (κ1) is 14.0. The number of hydrogen-bond acceptors (Lipinski definition) is 4. The zero-order valence-electron chi connectivity index (χ0n) is 11.4. The SMILES string of the molecule is C=CCNC(=O)CCc1nnc(-c2cccc(C)c2)o1. The molecule has 0 saturated heterocycles. The summed E-state index contributed by atoms with van der Waals surface area (Å²) in [7, 11) is 0. The van der Waals surface area contributed by atoms with Crippen LogP contribution in [0.2, 0.25) is 0 Å². The van der Waals surface area contributed by atoms with Crippen LogP contribution in [0, 0.1) is 6.92 Å². The Hall–Kier alpha value is -2.43. The number of amides is 1. The fourth-order valence-corrected chi connectivity index (χ4v) is 1.74. The molecule has 0 aliphatic rings. The van der Waals surface area contributed by atoms with Crippen molar-refractivity contribution in [3.63, 3.8) is 0 Å². The van der Waals surface area contributed by atoms with E-state index in [1.54, 1.807) is 6.08 Å². The van der Waals surface area contributed by atoms with Gasteiger partial charge in [0.05, 0.1) is 0 Å². The van der Waals surface area contributed by atoms with Gasteiger partial charge in [-0.3, -0.25) is 4.79 Å². The predicted octanol–water partition coefficient (Wildman–Crippen LogP) is 2.28. The van der Waals surface area contributed by atoms with Gasteiger partial charge in [0.2, 0.25) is 17.7 Å². The Balaban J connectivity index is 1.95. The third-order valence-electron chi connectivity index (χ3n) is 2.74.